The van der Waals surface area contributed by atoms with E-state index in [1.165, 1.54) is 5.56 Å². The second kappa shape index (κ2) is 7.74. The van der Waals surface area contributed by atoms with Crippen molar-refractivity contribution in [1.82, 2.24) is 4.90 Å². The Labute approximate surface area is 132 Å². The lowest BCUT2D eigenvalue weighted by molar-refractivity contribution is 0.112. The van der Waals surface area contributed by atoms with Crippen molar-refractivity contribution in [3.63, 3.8) is 0 Å². The fourth-order valence-electron chi connectivity index (χ4n) is 2.39. The van der Waals surface area contributed by atoms with Gasteiger partial charge in [0.1, 0.15) is 0 Å². The number of aryl methyl sites for hydroxylation is 1. The molecule has 1 N–H and O–H groups in total. The van der Waals surface area contributed by atoms with E-state index in [0.29, 0.717) is 12.1 Å². The van der Waals surface area contributed by atoms with Crippen molar-refractivity contribution in [2.45, 2.75) is 26.5 Å². The summed E-state index contributed by atoms with van der Waals surface area (Å²) in [5, 5.41) is 19.2. The van der Waals surface area contributed by atoms with Crippen LogP contribution in [0.2, 0.25) is 0 Å². The lowest BCUT2D eigenvalue weighted by atomic mass is 10.1. The third kappa shape index (κ3) is 4.42. The van der Waals surface area contributed by atoms with Crippen molar-refractivity contribution in [2.24, 2.45) is 0 Å². The summed E-state index contributed by atoms with van der Waals surface area (Å²) >= 11 is 0. The molecule has 114 valence electrons. The molecule has 0 saturated heterocycles. The highest BCUT2D eigenvalue weighted by atomic mass is 16.3. The molecule has 0 aliphatic heterocycles. The molecule has 3 nitrogen and oxygen atoms in total. The second-order valence-corrected chi connectivity index (χ2v) is 5.56. The maximum atomic E-state index is 10.4. The molecular formula is C19H22N2O. The minimum Gasteiger partial charge on any atom is -0.387 e. The standard InChI is InChI=1S/C19H22N2O/c1-3-21(13-17-8-6-16(12-20)7-9-17)14-19(22)18-10-4-15(2)5-11-18/h4-11,19,22H,3,13-14H2,1-2H3. The Morgan fingerprint density at radius 1 is 1.09 bits per heavy atom. The zero-order valence-electron chi connectivity index (χ0n) is 13.2. The summed E-state index contributed by atoms with van der Waals surface area (Å²) in [7, 11) is 0. The molecule has 0 fully saturated rings. The summed E-state index contributed by atoms with van der Waals surface area (Å²) in [6.45, 7) is 6.36. The van der Waals surface area contributed by atoms with Crippen LogP contribution in [-0.4, -0.2) is 23.1 Å². The molecule has 0 heterocycles. The zero-order valence-corrected chi connectivity index (χ0v) is 13.2. The smallest absolute Gasteiger partial charge is 0.0991 e. The zero-order chi connectivity index (χ0) is 15.9. The predicted octanol–water partition coefficient (Wildman–Crippen LogP) is 3.42. The average Bonchev–Trinajstić information content (AvgIpc) is 2.55. The molecule has 1 atom stereocenters. The number of nitrogens with zero attached hydrogens (tertiary/aromatic N) is 2. The molecule has 0 bridgehead atoms. The molecule has 2 aromatic carbocycles. The normalized spacial score (nSPS) is 12.1. The van der Waals surface area contributed by atoms with Gasteiger partial charge in [-0.05, 0) is 36.7 Å². The first kappa shape index (κ1) is 16.2. The van der Waals surface area contributed by atoms with Gasteiger partial charge in [0.15, 0.2) is 0 Å². The third-order valence-corrected chi connectivity index (χ3v) is 3.83. The average molecular weight is 294 g/mol. The summed E-state index contributed by atoms with van der Waals surface area (Å²) in [5.74, 6) is 0. The number of benzene rings is 2. The van der Waals surface area contributed by atoms with Crippen LogP contribution < -0.4 is 0 Å². The number of aliphatic hydroxyl groups is 1. The summed E-state index contributed by atoms with van der Waals surface area (Å²) < 4.78 is 0. The van der Waals surface area contributed by atoms with Crippen LogP contribution in [0.1, 0.15) is 35.3 Å². The number of hydrogen-bond acceptors (Lipinski definition) is 3. The Balaban J connectivity index is 1.99. The maximum Gasteiger partial charge on any atom is 0.0991 e. The highest BCUT2D eigenvalue weighted by Crippen LogP contribution is 2.16. The third-order valence-electron chi connectivity index (χ3n) is 3.83. The summed E-state index contributed by atoms with van der Waals surface area (Å²) in [5.41, 5.74) is 3.97. The first-order chi connectivity index (χ1) is 10.6. The minimum atomic E-state index is -0.487. The molecule has 3 heteroatoms. The van der Waals surface area contributed by atoms with Crippen LogP contribution in [-0.2, 0) is 6.54 Å². The molecule has 0 radical (unpaired) electrons. The van der Waals surface area contributed by atoms with Gasteiger partial charge in [-0.1, -0.05) is 48.9 Å². The van der Waals surface area contributed by atoms with Crippen molar-refractivity contribution < 1.29 is 5.11 Å². The van der Waals surface area contributed by atoms with Crippen LogP contribution in [0, 0.1) is 18.3 Å². The van der Waals surface area contributed by atoms with E-state index in [0.717, 1.165) is 24.2 Å². The molecular weight excluding hydrogens is 272 g/mol. The van der Waals surface area contributed by atoms with Crippen molar-refractivity contribution in [3.05, 3.63) is 70.8 Å². The predicted molar refractivity (Wildman–Crippen MR) is 88.2 cm³/mol. The molecule has 22 heavy (non-hydrogen) atoms. The quantitative estimate of drug-likeness (QED) is 0.888. The van der Waals surface area contributed by atoms with Crippen molar-refractivity contribution in [2.75, 3.05) is 13.1 Å². The molecule has 0 aliphatic rings. The van der Waals surface area contributed by atoms with E-state index in [2.05, 4.69) is 17.9 Å². The van der Waals surface area contributed by atoms with Gasteiger partial charge in [0, 0.05) is 13.1 Å². The van der Waals surface area contributed by atoms with Crippen LogP contribution >= 0.6 is 0 Å². The van der Waals surface area contributed by atoms with Crippen LogP contribution in [0.25, 0.3) is 0 Å². The van der Waals surface area contributed by atoms with E-state index in [1.54, 1.807) is 0 Å². The number of likely N-dealkylation sites (N-methyl/N-ethyl adjacent to an activating group) is 1. The van der Waals surface area contributed by atoms with Gasteiger partial charge in [-0.15, -0.1) is 0 Å². The lowest BCUT2D eigenvalue weighted by Crippen LogP contribution is -2.28. The van der Waals surface area contributed by atoms with Gasteiger partial charge in [-0.2, -0.15) is 5.26 Å². The van der Waals surface area contributed by atoms with E-state index in [4.69, 9.17) is 5.26 Å². The number of nitriles is 1. The van der Waals surface area contributed by atoms with Crippen LogP contribution in [0.15, 0.2) is 48.5 Å². The Kier molecular flexibility index (Phi) is 5.71. The van der Waals surface area contributed by atoms with E-state index in [9.17, 15) is 5.11 Å². The highest BCUT2D eigenvalue weighted by molar-refractivity contribution is 5.31. The molecule has 0 aliphatic carbocycles. The summed E-state index contributed by atoms with van der Waals surface area (Å²) in [6.07, 6.45) is -0.487. The monoisotopic (exact) mass is 294 g/mol. The van der Waals surface area contributed by atoms with E-state index < -0.39 is 6.10 Å². The number of rotatable bonds is 6. The fraction of sp³-hybridized carbons (Fsp3) is 0.316. The topological polar surface area (TPSA) is 47.3 Å². The van der Waals surface area contributed by atoms with Crippen molar-refractivity contribution >= 4 is 0 Å². The Morgan fingerprint density at radius 3 is 2.27 bits per heavy atom. The first-order valence-electron chi connectivity index (χ1n) is 7.58. The van der Waals surface area contributed by atoms with Gasteiger partial charge in [0.2, 0.25) is 0 Å². The SMILES string of the molecule is CCN(Cc1ccc(C#N)cc1)CC(O)c1ccc(C)cc1. The minimum absolute atomic E-state index is 0.487. The van der Waals surface area contributed by atoms with E-state index >= 15 is 0 Å². The van der Waals surface area contributed by atoms with E-state index in [1.807, 2.05) is 55.5 Å². The van der Waals surface area contributed by atoms with Gasteiger partial charge < -0.3 is 5.11 Å². The Morgan fingerprint density at radius 2 is 1.73 bits per heavy atom. The molecule has 2 aromatic rings. The van der Waals surface area contributed by atoms with Gasteiger partial charge in [0.25, 0.3) is 0 Å². The lowest BCUT2D eigenvalue weighted by Gasteiger charge is -2.24. The summed E-state index contributed by atoms with van der Waals surface area (Å²) in [6, 6.07) is 17.7. The Bertz CT molecular complexity index is 626. The van der Waals surface area contributed by atoms with Gasteiger partial charge >= 0.3 is 0 Å². The largest absolute Gasteiger partial charge is 0.387 e. The maximum absolute atomic E-state index is 10.4. The fourth-order valence-corrected chi connectivity index (χ4v) is 2.39. The molecule has 1 unspecified atom stereocenters. The molecule has 0 saturated carbocycles. The van der Waals surface area contributed by atoms with Crippen LogP contribution in [0.3, 0.4) is 0 Å². The van der Waals surface area contributed by atoms with Gasteiger partial charge in [-0.25, -0.2) is 0 Å². The van der Waals surface area contributed by atoms with Gasteiger partial charge in [0.05, 0.1) is 17.7 Å². The highest BCUT2D eigenvalue weighted by Gasteiger charge is 2.12. The van der Waals surface area contributed by atoms with Crippen LogP contribution in [0.4, 0.5) is 0 Å². The van der Waals surface area contributed by atoms with E-state index in [-0.39, 0.29) is 0 Å². The molecule has 0 spiro atoms. The Hall–Kier alpha value is -2.15. The molecule has 0 aromatic heterocycles. The van der Waals surface area contributed by atoms with Crippen molar-refractivity contribution in [1.29, 1.82) is 5.26 Å². The second-order valence-electron chi connectivity index (χ2n) is 5.56. The molecule has 0 amide bonds. The first-order valence-corrected chi connectivity index (χ1v) is 7.58. The van der Waals surface area contributed by atoms with Crippen LogP contribution in [0.5, 0.6) is 0 Å². The molecule has 2 rings (SSSR count). The van der Waals surface area contributed by atoms with Crippen molar-refractivity contribution in [3.8, 4) is 6.07 Å². The summed E-state index contributed by atoms with van der Waals surface area (Å²) in [4.78, 5) is 2.20. The number of aliphatic hydroxyl groups excluding tert-OH is 1. The van der Waals surface area contributed by atoms with Gasteiger partial charge in [-0.3, -0.25) is 4.90 Å². The number of hydrogen-bond donors (Lipinski definition) is 1.